The average molecular weight is 309 g/mol. The van der Waals surface area contributed by atoms with Crippen LogP contribution in [0, 0.1) is 17.0 Å². The molecule has 1 aromatic heterocycles. The van der Waals surface area contributed by atoms with Crippen LogP contribution in [0.2, 0.25) is 5.02 Å². The molecule has 0 radical (unpaired) electrons. The van der Waals surface area contributed by atoms with Crippen molar-refractivity contribution in [2.24, 2.45) is 0 Å². The van der Waals surface area contributed by atoms with Gasteiger partial charge < -0.3 is 10.1 Å². The van der Waals surface area contributed by atoms with Gasteiger partial charge in [-0.3, -0.25) is 10.1 Å². The summed E-state index contributed by atoms with van der Waals surface area (Å²) >= 11 is 5.99. The highest BCUT2D eigenvalue weighted by molar-refractivity contribution is 6.32. The number of nitro benzene ring substituents is 1. The van der Waals surface area contributed by atoms with Gasteiger partial charge in [0.05, 0.1) is 15.5 Å². The maximum atomic E-state index is 10.7. The molecule has 1 aromatic carbocycles. The Labute approximate surface area is 126 Å². The highest BCUT2D eigenvalue weighted by atomic mass is 35.5. The van der Waals surface area contributed by atoms with Crippen molar-refractivity contribution in [2.45, 2.75) is 13.8 Å². The molecular weight excluding hydrogens is 296 g/mol. The third kappa shape index (κ3) is 3.38. The normalized spacial score (nSPS) is 10.2. The molecule has 21 heavy (non-hydrogen) atoms. The van der Waals surface area contributed by atoms with E-state index >= 15 is 0 Å². The number of rotatable bonds is 5. The zero-order valence-corrected chi connectivity index (χ0v) is 12.2. The molecule has 0 saturated carbocycles. The van der Waals surface area contributed by atoms with Crippen LogP contribution in [0.1, 0.15) is 12.5 Å². The molecule has 0 aliphatic heterocycles. The summed E-state index contributed by atoms with van der Waals surface area (Å²) in [5.74, 6) is 1.31. The Kier molecular flexibility index (Phi) is 4.54. The number of ether oxygens (including phenoxy) is 1. The number of nitrogens with zero attached hydrogens (tertiary/aromatic N) is 3. The second kappa shape index (κ2) is 6.36. The molecule has 0 aliphatic rings. The smallest absolute Gasteiger partial charge is 0.271 e. The summed E-state index contributed by atoms with van der Waals surface area (Å²) < 4.78 is 5.62. The van der Waals surface area contributed by atoms with Crippen molar-refractivity contribution in [3.63, 3.8) is 0 Å². The first kappa shape index (κ1) is 15.0. The van der Waals surface area contributed by atoms with Gasteiger partial charge in [-0.15, -0.1) is 0 Å². The highest BCUT2D eigenvalue weighted by Gasteiger charge is 2.14. The van der Waals surface area contributed by atoms with Crippen LogP contribution in [-0.4, -0.2) is 21.4 Å². The van der Waals surface area contributed by atoms with Gasteiger partial charge in [-0.05, 0) is 19.9 Å². The summed E-state index contributed by atoms with van der Waals surface area (Å²) in [4.78, 5) is 18.3. The van der Waals surface area contributed by atoms with Gasteiger partial charge >= 0.3 is 0 Å². The van der Waals surface area contributed by atoms with Crippen molar-refractivity contribution < 1.29 is 9.66 Å². The molecule has 0 fully saturated rings. The Bertz CT molecular complexity index is 678. The van der Waals surface area contributed by atoms with Gasteiger partial charge in [0.2, 0.25) is 5.88 Å². The van der Waals surface area contributed by atoms with Gasteiger partial charge in [-0.25, -0.2) is 9.97 Å². The molecule has 0 atom stereocenters. The van der Waals surface area contributed by atoms with E-state index in [1.807, 2.05) is 13.8 Å². The molecular formula is C13H13ClN4O3. The van der Waals surface area contributed by atoms with E-state index in [-0.39, 0.29) is 10.7 Å². The minimum atomic E-state index is -0.519. The number of benzene rings is 1. The van der Waals surface area contributed by atoms with Crippen molar-refractivity contribution >= 4 is 23.1 Å². The molecule has 0 amide bonds. The van der Waals surface area contributed by atoms with Gasteiger partial charge in [0, 0.05) is 18.7 Å². The van der Waals surface area contributed by atoms with Crippen LogP contribution in [0.15, 0.2) is 24.5 Å². The predicted molar refractivity (Wildman–Crippen MR) is 79.1 cm³/mol. The van der Waals surface area contributed by atoms with Crippen LogP contribution in [0.3, 0.4) is 0 Å². The lowest BCUT2D eigenvalue weighted by Gasteiger charge is -2.11. The lowest BCUT2D eigenvalue weighted by atomic mass is 10.3. The predicted octanol–water partition coefficient (Wildman–Crippen LogP) is 3.57. The second-order valence-corrected chi connectivity index (χ2v) is 4.56. The van der Waals surface area contributed by atoms with E-state index in [1.165, 1.54) is 24.5 Å². The average Bonchev–Trinajstić information content (AvgIpc) is 2.45. The van der Waals surface area contributed by atoms with Crippen LogP contribution >= 0.6 is 11.6 Å². The fraction of sp³-hybridized carbons (Fsp3) is 0.231. The number of aromatic nitrogens is 2. The van der Waals surface area contributed by atoms with Gasteiger partial charge in [-0.1, -0.05) is 11.6 Å². The molecule has 0 unspecified atom stereocenters. The number of halogens is 1. The standard InChI is InChI=1S/C13H13ClN4O3/c1-3-15-12-8(2)13(17-7-16-12)21-11-5-4-9(18(19)20)6-10(11)14/h4-7H,3H2,1-2H3,(H,15,16,17). The van der Waals surface area contributed by atoms with Gasteiger partial charge in [-0.2, -0.15) is 0 Å². The molecule has 1 heterocycles. The summed E-state index contributed by atoms with van der Waals surface area (Å²) in [7, 11) is 0. The van der Waals surface area contributed by atoms with E-state index in [0.29, 0.717) is 17.4 Å². The van der Waals surface area contributed by atoms with E-state index < -0.39 is 4.92 Å². The molecule has 0 aliphatic carbocycles. The van der Waals surface area contributed by atoms with Crippen molar-refractivity contribution in [1.29, 1.82) is 0 Å². The second-order valence-electron chi connectivity index (χ2n) is 4.16. The van der Waals surface area contributed by atoms with Crippen LogP contribution in [0.4, 0.5) is 11.5 Å². The van der Waals surface area contributed by atoms with E-state index in [1.54, 1.807) is 0 Å². The maximum Gasteiger partial charge on any atom is 0.271 e. The molecule has 0 saturated heterocycles. The van der Waals surface area contributed by atoms with Crippen LogP contribution < -0.4 is 10.1 Å². The van der Waals surface area contributed by atoms with E-state index in [0.717, 1.165) is 12.1 Å². The van der Waals surface area contributed by atoms with Crippen LogP contribution in [0.25, 0.3) is 0 Å². The van der Waals surface area contributed by atoms with Crippen LogP contribution in [0.5, 0.6) is 11.6 Å². The first-order chi connectivity index (χ1) is 10.0. The summed E-state index contributed by atoms with van der Waals surface area (Å²) in [6.45, 7) is 4.48. The third-order valence-electron chi connectivity index (χ3n) is 2.71. The Morgan fingerprint density at radius 1 is 1.43 bits per heavy atom. The molecule has 8 heteroatoms. The van der Waals surface area contributed by atoms with Gasteiger partial charge in [0.25, 0.3) is 5.69 Å². The fourth-order valence-corrected chi connectivity index (χ4v) is 1.89. The topological polar surface area (TPSA) is 90.2 Å². The van der Waals surface area contributed by atoms with E-state index in [4.69, 9.17) is 16.3 Å². The highest BCUT2D eigenvalue weighted by Crippen LogP contribution is 2.33. The molecule has 0 spiro atoms. The summed E-state index contributed by atoms with van der Waals surface area (Å²) in [6, 6.07) is 4.00. The Hall–Kier alpha value is -2.41. The van der Waals surface area contributed by atoms with E-state index in [9.17, 15) is 10.1 Å². The Balaban J connectivity index is 2.30. The quantitative estimate of drug-likeness (QED) is 0.670. The molecule has 0 bridgehead atoms. The zero-order valence-electron chi connectivity index (χ0n) is 11.5. The molecule has 110 valence electrons. The first-order valence-electron chi connectivity index (χ1n) is 6.20. The molecule has 7 nitrogen and oxygen atoms in total. The summed E-state index contributed by atoms with van der Waals surface area (Å²) in [5.41, 5.74) is 0.633. The van der Waals surface area contributed by atoms with Crippen molar-refractivity contribution in [3.8, 4) is 11.6 Å². The van der Waals surface area contributed by atoms with Crippen molar-refractivity contribution in [2.75, 3.05) is 11.9 Å². The molecule has 1 N–H and O–H groups in total. The SMILES string of the molecule is CCNc1ncnc(Oc2ccc([N+](=O)[O-])cc2Cl)c1C. The lowest BCUT2D eigenvalue weighted by molar-refractivity contribution is -0.384. The van der Waals surface area contributed by atoms with Gasteiger partial charge in [0.1, 0.15) is 17.9 Å². The Morgan fingerprint density at radius 3 is 2.81 bits per heavy atom. The first-order valence-corrected chi connectivity index (χ1v) is 6.58. The fourth-order valence-electron chi connectivity index (χ4n) is 1.67. The number of nitro groups is 1. The molecule has 2 aromatic rings. The Morgan fingerprint density at radius 2 is 2.19 bits per heavy atom. The van der Waals surface area contributed by atoms with Crippen molar-refractivity contribution in [3.05, 3.63) is 45.2 Å². The summed E-state index contributed by atoms with van der Waals surface area (Å²) in [6.07, 6.45) is 1.37. The minimum absolute atomic E-state index is 0.0971. The van der Waals surface area contributed by atoms with Crippen molar-refractivity contribution in [1.82, 2.24) is 9.97 Å². The monoisotopic (exact) mass is 308 g/mol. The van der Waals surface area contributed by atoms with Crippen LogP contribution in [-0.2, 0) is 0 Å². The number of non-ortho nitro benzene ring substituents is 1. The summed E-state index contributed by atoms with van der Waals surface area (Å²) in [5, 5.41) is 13.9. The number of anilines is 1. The number of hydrogen-bond donors (Lipinski definition) is 1. The lowest BCUT2D eigenvalue weighted by Crippen LogP contribution is -2.04. The largest absolute Gasteiger partial charge is 0.437 e. The molecule has 2 rings (SSSR count). The zero-order chi connectivity index (χ0) is 15.4. The minimum Gasteiger partial charge on any atom is -0.437 e. The number of hydrogen-bond acceptors (Lipinski definition) is 6. The number of nitrogens with one attached hydrogen (secondary N) is 1. The van der Waals surface area contributed by atoms with Gasteiger partial charge in [0.15, 0.2) is 0 Å². The van der Waals surface area contributed by atoms with E-state index in [2.05, 4.69) is 15.3 Å². The third-order valence-corrected chi connectivity index (χ3v) is 3.01. The maximum absolute atomic E-state index is 10.7.